The van der Waals surface area contributed by atoms with E-state index < -0.39 is 30.1 Å². The third kappa shape index (κ3) is 4.51. The highest BCUT2D eigenvalue weighted by atomic mass is 32.1. The van der Waals surface area contributed by atoms with Crippen LogP contribution in [-0.2, 0) is 9.53 Å². The zero-order valence-electron chi connectivity index (χ0n) is 17.9. The van der Waals surface area contributed by atoms with Gasteiger partial charge in [-0.15, -0.1) is 11.3 Å². The summed E-state index contributed by atoms with van der Waals surface area (Å²) in [4.78, 5) is 27.2. The second-order valence-corrected chi connectivity index (χ2v) is 9.69. The molecule has 2 saturated heterocycles. The molecule has 3 fully saturated rings. The number of carbonyl (C=O) groups excluding carboxylic acids is 1. The van der Waals surface area contributed by atoms with E-state index >= 15 is 0 Å². The van der Waals surface area contributed by atoms with Crippen molar-refractivity contribution < 1.29 is 24.9 Å². The topological polar surface area (TPSA) is 149 Å². The van der Waals surface area contributed by atoms with Crippen molar-refractivity contribution >= 4 is 39.3 Å². The first-order valence-corrected chi connectivity index (χ1v) is 12.0. The average molecular weight is 474 g/mol. The number of carbonyl (C=O) groups is 1. The summed E-state index contributed by atoms with van der Waals surface area (Å²) in [6.07, 6.45) is -0.363. The summed E-state index contributed by atoms with van der Waals surface area (Å²) in [6.45, 7) is 1.00. The molecule has 1 unspecified atom stereocenters. The standard InChI is InChI=1S/C22H27N5O5S/c28-10-11-9-14(18(30)17(11)29)24-19-16(21-25-13-3-1-2-4-15(13)33-21)20(31)27-22(26-19)23-12-5-7-32-8-6-12/h1-4,11-12,14,16-18,28-30H,5-10H2,(H2,23,24,26,27,31)/t11-,14-,16?,17-,18+/m1/s1. The van der Waals surface area contributed by atoms with Gasteiger partial charge in [-0.05, 0) is 31.4 Å². The predicted molar refractivity (Wildman–Crippen MR) is 123 cm³/mol. The number of nitrogens with one attached hydrogen (secondary N) is 2. The Morgan fingerprint density at radius 1 is 1.12 bits per heavy atom. The fourth-order valence-electron chi connectivity index (χ4n) is 4.53. The Morgan fingerprint density at radius 3 is 2.64 bits per heavy atom. The Morgan fingerprint density at radius 2 is 1.91 bits per heavy atom. The van der Waals surface area contributed by atoms with Crippen LogP contribution in [0.15, 0.2) is 34.3 Å². The van der Waals surface area contributed by atoms with E-state index in [9.17, 15) is 20.1 Å². The Labute approximate surface area is 194 Å². The Balaban J connectivity index is 1.50. The number of thiazole rings is 1. The lowest BCUT2D eigenvalue weighted by Gasteiger charge is -2.28. The number of aliphatic hydroxyl groups is 3. The van der Waals surface area contributed by atoms with Crippen molar-refractivity contribution in [3.63, 3.8) is 0 Å². The van der Waals surface area contributed by atoms with E-state index in [1.54, 1.807) is 0 Å². The van der Waals surface area contributed by atoms with Crippen molar-refractivity contribution in [1.82, 2.24) is 15.6 Å². The molecule has 5 rings (SSSR count). The Kier molecular flexibility index (Phi) is 6.39. The minimum atomic E-state index is -1.13. The fraction of sp³-hybridized carbons (Fsp3) is 0.545. The molecule has 11 heteroatoms. The molecule has 0 radical (unpaired) electrons. The molecule has 2 aromatic rings. The van der Waals surface area contributed by atoms with Crippen LogP contribution >= 0.6 is 11.3 Å². The maximum atomic E-state index is 13.3. The second kappa shape index (κ2) is 9.43. The summed E-state index contributed by atoms with van der Waals surface area (Å²) in [5, 5.41) is 36.8. The number of guanidine groups is 1. The molecule has 0 bridgehead atoms. The van der Waals surface area contributed by atoms with Crippen LogP contribution < -0.4 is 10.6 Å². The molecule has 3 heterocycles. The van der Waals surface area contributed by atoms with E-state index in [-0.39, 0.29) is 18.6 Å². The number of amidine groups is 1. The molecule has 1 aliphatic carbocycles. The summed E-state index contributed by atoms with van der Waals surface area (Å²) >= 11 is 1.41. The minimum Gasteiger partial charge on any atom is -0.396 e. The number of benzene rings is 1. The smallest absolute Gasteiger partial charge is 0.244 e. The van der Waals surface area contributed by atoms with Crippen LogP contribution in [0.2, 0.25) is 0 Å². The maximum absolute atomic E-state index is 13.3. The van der Waals surface area contributed by atoms with E-state index in [2.05, 4.69) is 25.6 Å². The molecular weight excluding hydrogens is 446 g/mol. The van der Waals surface area contributed by atoms with Crippen molar-refractivity contribution in [3.05, 3.63) is 29.3 Å². The van der Waals surface area contributed by atoms with Gasteiger partial charge in [-0.1, -0.05) is 12.1 Å². The number of ether oxygens (including phenoxy) is 1. The third-order valence-electron chi connectivity index (χ3n) is 6.39. The molecule has 10 nitrogen and oxygen atoms in total. The number of para-hydroxylation sites is 1. The summed E-state index contributed by atoms with van der Waals surface area (Å²) in [7, 11) is 0. The number of rotatable bonds is 4. The zero-order chi connectivity index (χ0) is 22.9. The van der Waals surface area contributed by atoms with E-state index in [0.29, 0.717) is 36.4 Å². The van der Waals surface area contributed by atoms with E-state index in [1.807, 2.05) is 24.3 Å². The second-order valence-electron chi connectivity index (χ2n) is 8.63. The fourth-order valence-corrected chi connectivity index (χ4v) is 5.60. The lowest BCUT2D eigenvalue weighted by atomic mass is 10.1. The van der Waals surface area contributed by atoms with Crippen LogP contribution in [0.1, 0.15) is 30.2 Å². The van der Waals surface area contributed by atoms with Crippen molar-refractivity contribution in [2.45, 2.75) is 49.5 Å². The van der Waals surface area contributed by atoms with Crippen LogP contribution in [0.25, 0.3) is 10.2 Å². The quantitative estimate of drug-likeness (QED) is 0.424. The van der Waals surface area contributed by atoms with Crippen LogP contribution in [0.5, 0.6) is 0 Å². The van der Waals surface area contributed by atoms with E-state index in [4.69, 9.17) is 4.74 Å². The SMILES string of the molecule is O=C1NC(=NC2CCOCC2)NC(=N[C@@H]2C[C@H](CO)[C@@H](O)[C@H]2O)C1c1nc2ccccc2s1. The van der Waals surface area contributed by atoms with Crippen LogP contribution in [0.4, 0.5) is 0 Å². The Hall–Kier alpha value is -2.44. The van der Waals surface area contributed by atoms with Crippen molar-refractivity contribution in [2.75, 3.05) is 19.8 Å². The number of aromatic nitrogens is 1. The number of fused-ring (bicyclic) bond motifs is 1. The monoisotopic (exact) mass is 473 g/mol. The summed E-state index contributed by atoms with van der Waals surface area (Å²) in [5.74, 6) is -0.922. The van der Waals surface area contributed by atoms with Gasteiger partial charge in [0.25, 0.3) is 0 Å². The van der Waals surface area contributed by atoms with Crippen LogP contribution in [0.3, 0.4) is 0 Å². The molecule has 5 N–H and O–H groups in total. The van der Waals surface area contributed by atoms with Gasteiger partial charge in [0, 0.05) is 25.7 Å². The molecule has 5 atom stereocenters. The minimum absolute atomic E-state index is 0.0273. The molecule has 1 aromatic heterocycles. The molecule has 1 amide bonds. The first kappa shape index (κ1) is 22.4. The first-order chi connectivity index (χ1) is 16.0. The van der Waals surface area contributed by atoms with Gasteiger partial charge in [-0.25, -0.2) is 9.98 Å². The molecule has 1 saturated carbocycles. The van der Waals surface area contributed by atoms with Crippen molar-refractivity contribution in [2.24, 2.45) is 15.9 Å². The predicted octanol–water partition coefficient (Wildman–Crippen LogP) is 0.135. The van der Waals surface area contributed by atoms with Crippen molar-refractivity contribution in [1.29, 1.82) is 0 Å². The lowest BCUT2D eigenvalue weighted by Crippen LogP contribution is -2.56. The van der Waals surface area contributed by atoms with Gasteiger partial charge in [-0.2, -0.15) is 0 Å². The average Bonchev–Trinajstić information content (AvgIpc) is 3.35. The molecular formula is C22H27N5O5S. The van der Waals surface area contributed by atoms with Crippen LogP contribution in [-0.4, -0.2) is 82.1 Å². The molecule has 176 valence electrons. The van der Waals surface area contributed by atoms with E-state index in [0.717, 1.165) is 23.1 Å². The molecule has 0 spiro atoms. The third-order valence-corrected chi connectivity index (χ3v) is 7.50. The molecule has 2 aliphatic heterocycles. The highest BCUT2D eigenvalue weighted by molar-refractivity contribution is 7.18. The maximum Gasteiger partial charge on any atom is 0.244 e. The Bertz CT molecular complexity index is 1050. The largest absolute Gasteiger partial charge is 0.396 e. The zero-order valence-corrected chi connectivity index (χ0v) is 18.7. The summed E-state index contributed by atoms with van der Waals surface area (Å²) < 4.78 is 6.34. The number of hydrogen-bond donors (Lipinski definition) is 5. The molecule has 33 heavy (non-hydrogen) atoms. The van der Waals surface area contributed by atoms with Gasteiger partial charge in [0.2, 0.25) is 11.9 Å². The molecule has 1 aromatic carbocycles. The highest BCUT2D eigenvalue weighted by Crippen LogP contribution is 2.32. The number of amides is 1. The van der Waals surface area contributed by atoms with Gasteiger partial charge >= 0.3 is 0 Å². The van der Waals surface area contributed by atoms with Gasteiger partial charge in [-0.3, -0.25) is 15.1 Å². The van der Waals surface area contributed by atoms with Gasteiger partial charge in [0.1, 0.15) is 22.9 Å². The number of hydrogen-bond acceptors (Lipinski definition) is 9. The van der Waals surface area contributed by atoms with Crippen molar-refractivity contribution in [3.8, 4) is 0 Å². The summed E-state index contributed by atoms with van der Waals surface area (Å²) in [6, 6.07) is 7.02. The normalized spacial score (nSPS) is 33.5. The van der Waals surface area contributed by atoms with Gasteiger partial charge in [0.05, 0.1) is 28.4 Å². The number of aliphatic imine (C=N–C) groups is 2. The van der Waals surface area contributed by atoms with Gasteiger partial charge < -0.3 is 25.4 Å². The number of nitrogens with zero attached hydrogens (tertiary/aromatic N) is 3. The lowest BCUT2D eigenvalue weighted by molar-refractivity contribution is -0.120. The van der Waals surface area contributed by atoms with E-state index in [1.165, 1.54) is 11.3 Å². The summed E-state index contributed by atoms with van der Waals surface area (Å²) in [5.41, 5.74) is 0.794. The highest BCUT2D eigenvalue weighted by Gasteiger charge is 2.43. The van der Waals surface area contributed by atoms with Gasteiger partial charge in [0.15, 0.2) is 0 Å². The molecule has 3 aliphatic rings. The van der Waals surface area contributed by atoms with Crippen LogP contribution in [0, 0.1) is 5.92 Å². The number of aliphatic hydroxyl groups excluding tert-OH is 3. The first-order valence-electron chi connectivity index (χ1n) is 11.2.